The number of rotatable bonds is 3. The number of hydrogen-bond donors (Lipinski definition) is 1. The number of hydrogen-bond acceptors (Lipinski definition) is 2. The molecule has 0 aliphatic rings. The Balaban J connectivity index is 0.000001000. The van der Waals surface area contributed by atoms with Gasteiger partial charge in [-0.15, -0.1) is 24.0 Å². The molecule has 1 aromatic rings. The van der Waals surface area contributed by atoms with Gasteiger partial charge in [0, 0.05) is 24.7 Å². The van der Waals surface area contributed by atoms with E-state index in [4.69, 9.17) is 11.6 Å². The van der Waals surface area contributed by atoms with Crippen LogP contribution in [0.1, 0.15) is 17.0 Å². The van der Waals surface area contributed by atoms with Gasteiger partial charge in [-0.25, -0.2) is 4.98 Å². The van der Waals surface area contributed by atoms with Gasteiger partial charge in [-0.05, 0) is 0 Å². The predicted molar refractivity (Wildman–Crippen MR) is 45.5 cm³/mol. The molecule has 62 valence electrons. The summed E-state index contributed by atoms with van der Waals surface area (Å²) < 4.78 is 0. The van der Waals surface area contributed by atoms with Crippen molar-refractivity contribution in [3.63, 3.8) is 0 Å². The third-order valence-corrected chi connectivity index (χ3v) is 1.27. The number of H-pyrrole nitrogens is 1. The van der Waals surface area contributed by atoms with Crippen molar-refractivity contribution in [3.8, 4) is 0 Å². The number of nitrogens with one attached hydrogen (secondary N) is 1. The van der Waals surface area contributed by atoms with Gasteiger partial charge in [0.2, 0.25) is 0 Å². The number of ketones is 1. The van der Waals surface area contributed by atoms with E-state index in [1.165, 1.54) is 0 Å². The lowest BCUT2D eigenvalue weighted by Crippen LogP contribution is -2.01. The fourth-order valence-electron chi connectivity index (χ4n) is 0.622. The van der Waals surface area contributed by atoms with E-state index in [1.54, 1.807) is 12.4 Å². The number of aromatic amines is 1. The van der Waals surface area contributed by atoms with E-state index in [-0.39, 0.29) is 18.2 Å². The summed E-state index contributed by atoms with van der Waals surface area (Å²) in [5.41, 5.74) is 0. The Kier molecular flexibility index (Phi) is 4.90. The van der Waals surface area contributed by atoms with Crippen LogP contribution in [0.15, 0.2) is 12.4 Å². The van der Waals surface area contributed by atoms with Crippen molar-refractivity contribution >= 4 is 29.8 Å². The largest absolute Gasteiger partial charge is 0.342 e. The van der Waals surface area contributed by atoms with E-state index in [0.29, 0.717) is 18.1 Å². The van der Waals surface area contributed by atoms with Crippen LogP contribution in [0, 0.1) is 0 Å². The first-order valence-electron chi connectivity index (χ1n) is 2.93. The maximum absolute atomic E-state index is 10.9. The molecule has 11 heavy (non-hydrogen) atoms. The van der Waals surface area contributed by atoms with Gasteiger partial charge < -0.3 is 4.98 Å². The van der Waals surface area contributed by atoms with Crippen LogP contribution in [0.4, 0.5) is 0 Å². The molecule has 1 heterocycles. The van der Waals surface area contributed by atoms with Gasteiger partial charge in [0.05, 0.1) is 0 Å². The molecule has 0 spiro atoms. The van der Waals surface area contributed by atoms with Crippen LogP contribution in [-0.4, -0.2) is 21.6 Å². The van der Waals surface area contributed by atoms with Crippen molar-refractivity contribution in [1.29, 1.82) is 0 Å². The lowest BCUT2D eigenvalue weighted by Gasteiger charge is -1.89. The lowest BCUT2D eigenvalue weighted by atomic mass is 10.3. The lowest BCUT2D eigenvalue weighted by molar-refractivity contribution is 0.0980. The number of aromatic nitrogens is 2. The zero-order valence-corrected chi connectivity index (χ0v) is 7.28. The summed E-state index contributed by atoms with van der Waals surface area (Å²) in [6, 6.07) is 0. The second-order valence-electron chi connectivity index (χ2n) is 1.80. The summed E-state index contributed by atoms with van der Waals surface area (Å²) in [7, 11) is 0. The van der Waals surface area contributed by atoms with Crippen LogP contribution < -0.4 is 0 Å². The number of carbonyl (C=O) groups excluding carboxylic acids is 1. The first-order valence-corrected chi connectivity index (χ1v) is 3.46. The first kappa shape index (κ1) is 10.5. The third-order valence-electron chi connectivity index (χ3n) is 1.08. The second kappa shape index (κ2) is 5.16. The molecule has 0 amide bonds. The maximum atomic E-state index is 10.9. The molecule has 0 aliphatic heterocycles. The molecule has 0 saturated heterocycles. The van der Waals surface area contributed by atoms with Gasteiger partial charge in [0.1, 0.15) is 0 Å². The van der Waals surface area contributed by atoms with Gasteiger partial charge in [0.15, 0.2) is 11.6 Å². The average Bonchev–Trinajstić information content (AvgIpc) is 2.38. The Hall–Kier alpha value is -0.540. The van der Waals surface area contributed by atoms with Crippen LogP contribution in [0.25, 0.3) is 0 Å². The van der Waals surface area contributed by atoms with Crippen molar-refractivity contribution in [3.05, 3.63) is 18.2 Å². The second-order valence-corrected chi connectivity index (χ2v) is 2.18. The van der Waals surface area contributed by atoms with Crippen molar-refractivity contribution in [1.82, 2.24) is 9.97 Å². The molecule has 1 rings (SSSR count). The van der Waals surface area contributed by atoms with E-state index in [1.807, 2.05) is 0 Å². The molecule has 0 aliphatic carbocycles. The normalized spacial score (nSPS) is 8.82. The average molecular weight is 195 g/mol. The van der Waals surface area contributed by atoms with Gasteiger partial charge in [-0.3, -0.25) is 4.79 Å². The number of imidazole rings is 1. The monoisotopic (exact) mass is 194 g/mol. The van der Waals surface area contributed by atoms with Gasteiger partial charge in [-0.2, -0.15) is 0 Å². The molecule has 3 nitrogen and oxygen atoms in total. The molecule has 0 radical (unpaired) electrons. The van der Waals surface area contributed by atoms with Crippen molar-refractivity contribution in [2.24, 2.45) is 0 Å². The van der Waals surface area contributed by atoms with Crippen molar-refractivity contribution in [2.45, 2.75) is 6.42 Å². The molecule has 0 fully saturated rings. The fourth-order valence-corrected chi connectivity index (χ4v) is 0.794. The third kappa shape index (κ3) is 2.91. The smallest absolute Gasteiger partial charge is 0.199 e. The van der Waals surface area contributed by atoms with E-state index < -0.39 is 0 Å². The predicted octanol–water partition coefficient (Wildman–Crippen LogP) is 1.64. The highest BCUT2D eigenvalue weighted by Gasteiger charge is 2.05. The molecular weight excluding hydrogens is 187 g/mol. The number of alkyl halides is 1. The molecule has 0 saturated carbocycles. The van der Waals surface area contributed by atoms with E-state index >= 15 is 0 Å². The minimum absolute atomic E-state index is 0. The summed E-state index contributed by atoms with van der Waals surface area (Å²) >= 11 is 5.35. The summed E-state index contributed by atoms with van der Waals surface area (Å²) in [5.74, 6) is 0.695. The Morgan fingerprint density at radius 3 is 2.91 bits per heavy atom. The Morgan fingerprint density at radius 1 is 1.73 bits per heavy atom. The van der Waals surface area contributed by atoms with Gasteiger partial charge in [0.25, 0.3) is 0 Å². The Labute approximate surface area is 75.6 Å². The maximum Gasteiger partial charge on any atom is 0.199 e. The minimum atomic E-state index is -0.0417. The number of halogens is 2. The van der Waals surface area contributed by atoms with Crippen LogP contribution >= 0.6 is 24.0 Å². The number of Topliss-reactive ketones (excluding diaryl/α,β-unsaturated/α-hetero) is 1. The highest BCUT2D eigenvalue weighted by molar-refractivity contribution is 6.19. The molecule has 0 bridgehead atoms. The number of nitrogens with zero attached hydrogens (tertiary/aromatic N) is 1. The molecule has 0 aromatic carbocycles. The first-order chi connectivity index (χ1) is 4.84. The van der Waals surface area contributed by atoms with Gasteiger partial charge >= 0.3 is 0 Å². The zero-order valence-electron chi connectivity index (χ0n) is 5.71. The molecular formula is C6H8Cl2N2O. The van der Waals surface area contributed by atoms with Crippen LogP contribution in [-0.2, 0) is 0 Å². The summed E-state index contributed by atoms with van der Waals surface area (Å²) in [6.45, 7) is 0. The fraction of sp³-hybridized carbons (Fsp3) is 0.333. The molecule has 0 atom stereocenters. The van der Waals surface area contributed by atoms with Crippen LogP contribution in [0.3, 0.4) is 0 Å². The van der Waals surface area contributed by atoms with E-state index in [0.717, 1.165) is 0 Å². The van der Waals surface area contributed by atoms with Gasteiger partial charge in [-0.1, -0.05) is 0 Å². The SMILES string of the molecule is Cl.O=C(CCCl)c1ncc[nH]1. The van der Waals surface area contributed by atoms with Crippen LogP contribution in [0.2, 0.25) is 0 Å². The molecule has 0 unspecified atom stereocenters. The standard InChI is InChI=1S/C6H7ClN2O.ClH/c7-2-1-5(10)6-8-3-4-9-6;/h3-4H,1-2H2,(H,8,9);1H. The summed E-state index contributed by atoms with van der Waals surface area (Å²) in [6.07, 6.45) is 3.50. The highest BCUT2D eigenvalue weighted by atomic mass is 35.5. The van der Waals surface area contributed by atoms with E-state index in [2.05, 4.69) is 9.97 Å². The Bertz CT molecular complexity index is 210. The number of carbonyl (C=O) groups is 1. The summed E-state index contributed by atoms with van der Waals surface area (Å²) in [4.78, 5) is 17.4. The molecule has 1 N–H and O–H groups in total. The van der Waals surface area contributed by atoms with Crippen LogP contribution in [0.5, 0.6) is 0 Å². The van der Waals surface area contributed by atoms with E-state index in [9.17, 15) is 4.79 Å². The highest BCUT2D eigenvalue weighted by Crippen LogP contribution is 1.96. The molecule has 5 heteroatoms. The topological polar surface area (TPSA) is 45.8 Å². The van der Waals surface area contributed by atoms with Crippen molar-refractivity contribution in [2.75, 3.05) is 5.88 Å². The zero-order chi connectivity index (χ0) is 7.40. The summed E-state index contributed by atoms with van der Waals surface area (Å²) in [5, 5.41) is 0. The molecule has 1 aromatic heterocycles. The quantitative estimate of drug-likeness (QED) is 0.588. The minimum Gasteiger partial charge on any atom is -0.342 e. The Morgan fingerprint density at radius 2 is 2.45 bits per heavy atom. The van der Waals surface area contributed by atoms with Crippen molar-refractivity contribution < 1.29 is 4.79 Å².